The number of aliphatic hydroxyl groups is 2. The average molecular weight is 454 g/mol. The summed E-state index contributed by atoms with van der Waals surface area (Å²) < 4.78 is 0. The van der Waals surface area contributed by atoms with Gasteiger partial charge in [-0.15, -0.1) is 0 Å². The Morgan fingerprint density at radius 1 is 0.781 bits per heavy atom. The lowest BCUT2D eigenvalue weighted by Crippen LogP contribution is -2.59. The van der Waals surface area contributed by atoms with Gasteiger partial charge in [0.25, 0.3) is 0 Å². The largest absolute Gasteiger partial charge is 0.481 e. The van der Waals surface area contributed by atoms with E-state index < -0.39 is 73.5 Å². The number of carboxylic acids is 2. The van der Waals surface area contributed by atoms with Crippen molar-refractivity contribution in [2.24, 2.45) is 5.73 Å². The monoisotopic (exact) mass is 454 g/mol. The van der Waals surface area contributed by atoms with Crippen LogP contribution in [-0.4, -0.2) is 87.5 Å². The van der Waals surface area contributed by atoms with Crippen molar-refractivity contribution < 1.29 is 44.4 Å². The molecular formula is C19H26N4O9. The number of benzene rings is 1. The number of hydrogen-bond donors (Lipinski definition) is 8. The molecule has 0 aromatic heterocycles. The summed E-state index contributed by atoms with van der Waals surface area (Å²) in [6, 6.07) is 2.38. The Balaban J connectivity index is 3.03. The summed E-state index contributed by atoms with van der Waals surface area (Å²) in [6.07, 6.45) is -0.985. The lowest BCUT2D eigenvalue weighted by atomic mass is 10.0. The van der Waals surface area contributed by atoms with E-state index in [1.54, 1.807) is 30.3 Å². The summed E-state index contributed by atoms with van der Waals surface area (Å²) in [7, 11) is 0. The normalized spacial score (nSPS) is 14.3. The Morgan fingerprint density at radius 2 is 1.31 bits per heavy atom. The highest BCUT2D eigenvalue weighted by Gasteiger charge is 2.31. The van der Waals surface area contributed by atoms with E-state index in [1.165, 1.54) is 0 Å². The van der Waals surface area contributed by atoms with Crippen molar-refractivity contribution in [2.75, 3.05) is 13.2 Å². The molecule has 1 rings (SSSR count). The van der Waals surface area contributed by atoms with E-state index in [2.05, 4.69) is 16.0 Å². The standard InChI is InChI=1S/C19H26N4O9/c20-11(8-24)16(28)23-14(9-25)18(30)21-12(6-10-4-2-1-3-5-10)17(29)22-13(19(31)32)7-15(26)27/h1-5,11-14,24-25H,6-9,20H2,(H,21,30)(H,22,29)(H,23,28)(H,26,27)(H,31,32). The lowest BCUT2D eigenvalue weighted by Gasteiger charge is -2.24. The number of nitrogens with one attached hydrogen (secondary N) is 3. The highest BCUT2D eigenvalue weighted by atomic mass is 16.4. The molecule has 0 saturated heterocycles. The van der Waals surface area contributed by atoms with Crippen LogP contribution in [0.5, 0.6) is 0 Å². The molecular weight excluding hydrogens is 428 g/mol. The highest BCUT2D eigenvalue weighted by Crippen LogP contribution is 2.05. The Hall–Kier alpha value is -3.55. The summed E-state index contributed by atoms with van der Waals surface area (Å²) in [5.41, 5.74) is 5.94. The minimum absolute atomic E-state index is 0.0972. The molecule has 32 heavy (non-hydrogen) atoms. The minimum Gasteiger partial charge on any atom is -0.481 e. The van der Waals surface area contributed by atoms with Crippen LogP contribution in [0.3, 0.4) is 0 Å². The maximum absolute atomic E-state index is 12.7. The first kappa shape index (κ1) is 26.5. The van der Waals surface area contributed by atoms with Gasteiger partial charge in [0.1, 0.15) is 24.2 Å². The van der Waals surface area contributed by atoms with E-state index in [9.17, 15) is 29.1 Å². The number of aliphatic hydroxyl groups excluding tert-OH is 2. The molecule has 4 unspecified atom stereocenters. The van der Waals surface area contributed by atoms with Gasteiger partial charge in [-0.2, -0.15) is 0 Å². The lowest BCUT2D eigenvalue weighted by molar-refractivity contribution is -0.147. The van der Waals surface area contributed by atoms with Gasteiger partial charge in [-0.25, -0.2) is 4.79 Å². The number of hydrogen-bond acceptors (Lipinski definition) is 8. The number of amides is 3. The second-order valence-electron chi connectivity index (χ2n) is 6.78. The van der Waals surface area contributed by atoms with Crippen molar-refractivity contribution in [1.29, 1.82) is 0 Å². The highest BCUT2D eigenvalue weighted by molar-refractivity contribution is 5.94. The molecule has 4 atom stereocenters. The van der Waals surface area contributed by atoms with Crippen LogP contribution < -0.4 is 21.7 Å². The van der Waals surface area contributed by atoms with E-state index >= 15 is 0 Å². The van der Waals surface area contributed by atoms with Crippen molar-refractivity contribution in [3.8, 4) is 0 Å². The van der Waals surface area contributed by atoms with Crippen molar-refractivity contribution in [3.05, 3.63) is 35.9 Å². The summed E-state index contributed by atoms with van der Waals surface area (Å²) >= 11 is 0. The van der Waals surface area contributed by atoms with Gasteiger partial charge >= 0.3 is 11.9 Å². The van der Waals surface area contributed by atoms with Gasteiger partial charge in [0.2, 0.25) is 17.7 Å². The van der Waals surface area contributed by atoms with Crippen LogP contribution in [0.25, 0.3) is 0 Å². The number of aliphatic carboxylic acids is 2. The van der Waals surface area contributed by atoms with E-state index in [1.807, 2.05) is 0 Å². The van der Waals surface area contributed by atoms with Crippen molar-refractivity contribution in [1.82, 2.24) is 16.0 Å². The third-order valence-corrected chi connectivity index (χ3v) is 4.26. The van der Waals surface area contributed by atoms with Crippen LogP contribution in [-0.2, 0) is 30.4 Å². The third-order valence-electron chi connectivity index (χ3n) is 4.26. The maximum atomic E-state index is 12.7. The van der Waals surface area contributed by atoms with Gasteiger partial charge in [0.15, 0.2) is 0 Å². The molecule has 0 heterocycles. The maximum Gasteiger partial charge on any atom is 0.326 e. The average Bonchev–Trinajstić information content (AvgIpc) is 2.75. The van der Waals surface area contributed by atoms with Gasteiger partial charge in [0, 0.05) is 6.42 Å². The number of nitrogens with two attached hydrogens (primary N) is 1. The first-order chi connectivity index (χ1) is 15.1. The van der Waals surface area contributed by atoms with E-state index in [0.29, 0.717) is 5.56 Å². The fourth-order valence-corrected chi connectivity index (χ4v) is 2.53. The van der Waals surface area contributed by atoms with E-state index in [4.69, 9.17) is 21.1 Å². The Kier molecular flexibility index (Phi) is 10.8. The molecule has 0 bridgehead atoms. The molecule has 1 aromatic rings. The van der Waals surface area contributed by atoms with Gasteiger partial charge in [-0.3, -0.25) is 19.2 Å². The summed E-state index contributed by atoms with van der Waals surface area (Å²) in [4.78, 5) is 59.1. The van der Waals surface area contributed by atoms with E-state index in [-0.39, 0.29) is 6.42 Å². The first-order valence-corrected chi connectivity index (χ1v) is 9.46. The molecule has 1 aromatic carbocycles. The van der Waals surface area contributed by atoms with Crippen LogP contribution >= 0.6 is 0 Å². The molecule has 3 amide bonds. The van der Waals surface area contributed by atoms with Crippen LogP contribution in [0.1, 0.15) is 12.0 Å². The van der Waals surface area contributed by atoms with Crippen LogP contribution in [0.2, 0.25) is 0 Å². The predicted molar refractivity (Wildman–Crippen MR) is 108 cm³/mol. The molecule has 9 N–H and O–H groups in total. The number of carbonyl (C=O) groups is 5. The zero-order valence-electron chi connectivity index (χ0n) is 16.9. The van der Waals surface area contributed by atoms with Crippen molar-refractivity contribution >= 4 is 29.7 Å². The SMILES string of the molecule is NC(CO)C(=O)NC(CO)C(=O)NC(Cc1ccccc1)C(=O)NC(CC(=O)O)C(=O)O. The second kappa shape index (κ2) is 13.0. The molecule has 0 saturated carbocycles. The first-order valence-electron chi connectivity index (χ1n) is 9.46. The zero-order valence-corrected chi connectivity index (χ0v) is 16.9. The predicted octanol–water partition coefficient (Wildman–Crippen LogP) is -3.45. The van der Waals surface area contributed by atoms with Crippen molar-refractivity contribution in [3.63, 3.8) is 0 Å². The molecule has 0 aliphatic heterocycles. The van der Waals surface area contributed by atoms with E-state index in [0.717, 1.165) is 0 Å². The molecule has 176 valence electrons. The third kappa shape index (κ3) is 8.67. The zero-order chi connectivity index (χ0) is 24.3. The van der Waals surface area contributed by atoms with Gasteiger partial charge < -0.3 is 42.1 Å². The van der Waals surface area contributed by atoms with Gasteiger partial charge in [0.05, 0.1) is 19.6 Å². The van der Waals surface area contributed by atoms with Crippen LogP contribution in [0, 0.1) is 0 Å². The molecule has 13 nitrogen and oxygen atoms in total. The summed E-state index contributed by atoms with van der Waals surface area (Å²) in [5, 5.41) is 42.8. The van der Waals surface area contributed by atoms with Crippen LogP contribution in [0.4, 0.5) is 0 Å². The Morgan fingerprint density at radius 3 is 1.81 bits per heavy atom. The number of carbonyl (C=O) groups excluding carboxylic acids is 3. The molecule has 0 fully saturated rings. The Bertz CT molecular complexity index is 818. The quantitative estimate of drug-likeness (QED) is 0.147. The molecule has 0 radical (unpaired) electrons. The molecule has 0 aliphatic rings. The molecule has 0 spiro atoms. The minimum atomic E-state index is -1.74. The van der Waals surface area contributed by atoms with Gasteiger partial charge in [-0.05, 0) is 5.56 Å². The van der Waals surface area contributed by atoms with Gasteiger partial charge in [-0.1, -0.05) is 30.3 Å². The second-order valence-corrected chi connectivity index (χ2v) is 6.78. The topological polar surface area (TPSA) is 228 Å². The smallest absolute Gasteiger partial charge is 0.326 e. The number of carboxylic acid groups (broad SMARTS) is 2. The Labute approximate surface area is 182 Å². The molecule has 0 aliphatic carbocycles. The van der Waals surface area contributed by atoms with Crippen LogP contribution in [0.15, 0.2) is 30.3 Å². The molecule has 13 heteroatoms. The fourth-order valence-electron chi connectivity index (χ4n) is 2.53. The number of rotatable bonds is 13. The summed E-state index contributed by atoms with van der Waals surface area (Å²) in [6.45, 7) is -1.56. The fraction of sp³-hybridized carbons (Fsp3) is 0.421. The van der Waals surface area contributed by atoms with Crippen molar-refractivity contribution in [2.45, 2.75) is 37.0 Å². The summed E-state index contributed by atoms with van der Waals surface area (Å²) in [5.74, 6) is -5.91.